The van der Waals surface area contributed by atoms with Crippen LogP contribution in [0.25, 0.3) is 27.5 Å². The number of nitrogen functional groups attached to an aromatic ring is 1. The van der Waals surface area contributed by atoms with Gasteiger partial charge in [0.1, 0.15) is 22.5 Å². The largest absolute Gasteiger partial charge is 0.506 e. The summed E-state index contributed by atoms with van der Waals surface area (Å²) in [7, 11) is 0. The molecule has 0 saturated carbocycles. The minimum atomic E-state index is -0.445. The topological polar surface area (TPSA) is 135 Å². The van der Waals surface area contributed by atoms with Crippen molar-refractivity contribution in [2.24, 2.45) is 0 Å². The number of fused-ring (bicyclic) bond motifs is 1. The minimum absolute atomic E-state index is 0.0161. The Bertz CT molecular complexity index is 1670. The van der Waals surface area contributed by atoms with Gasteiger partial charge in [-0.05, 0) is 60.5 Å². The summed E-state index contributed by atoms with van der Waals surface area (Å²) in [5, 5.41) is 29.7. The van der Waals surface area contributed by atoms with Gasteiger partial charge in [-0.15, -0.1) is 15.0 Å². The van der Waals surface area contributed by atoms with Gasteiger partial charge in [0, 0.05) is 34.2 Å². The number of carbonyl (C=O) groups excluding carboxylic acids is 2. The van der Waals surface area contributed by atoms with Crippen molar-refractivity contribution in [3.05, 3.63) is 83.4 Å². The fraction of sp³-hybridized carbons (Fsp3) is 0.0769. The number of aliphatic hydroxyl groups is 1. The molecular formula is C26H19N5O4. The number of nitrogens with two attached hydrogens (primary N) is 1. The molecule has 6 rings (SSSR count). The Labute approximate surface area is 198 Å². The zero-order valence-corrected chi connectivity index (χ0v) is 18.3. The molecule has 0 unspecified atom stereocenters. The van der Waals surface area contributed by atoms with Crippen LogP contribution in [-0.4, -0.2) is 43.6 Å². The second kappa shape index (κ2) is 7.64. The van der Waals surface area contributed by atoms with Gasteiger partial charge < -0.3 is 15.9 Å². The fourth-order valence-corrected chi connectivity index (χ4v) is 4.52. The van der Waals surface area contributed by atoms with Crippen molar-refractivity contribution in [1.82, 2.24) is 15.0 Å². The summed E-state index contributed by atoms with van der Waals surface area (Å²) in [6.07, 6.45) is 0.428. The third-order valence-corrected chi connectivity index (χ3v) is 6.22. The van der Waals surface area contributed by atoms with Crippen molar-refractivity contribution in [2.75, 3.05) is 17.2 Å². The molecule has 0 radical (unpaired) electrons. The highest BCUT2D eigenvalue weighted by atomic mass is 16.3. The predicted molar refractivity (Wildman–Crippen MR) is 131 cm³/mol. The normalized spacial score (nSPS) is 13.2. The van der Waals surface area contributed by atoms with Crippen LogP contribution in [0.15, 0.2) is 66.7 Å². The molecule has 1 aliphatic heterocycles. The number of nitrogens with zero attached hydrogens (tertiary/aromatic N) is 4. The van der Waals surface area contributed by atoms with Crippen LogP contribution < -0.4 is 10.6 Å². The van der Waals surface area contributed by atoms with Crippen LogP contribution in [0.3, 0.4) is 0 Å². The molecule has 35 heavy (non-hydrogen) atoms. The number of phenolic OH excluding ortho intramolecular Hbond substituents is 1. The molecule has 2 heterocycles. The molecule has 4 N–H and O–H groups in total. The Hall–Kier alpha value is -4.76. The monoisotopic (exact) mass is 465 g/mol. The Morgan fingerprint density at radius 2 is 1.63 bits per heavy atom. The number of carbonyl (C=O) groups is 2. The maximum absolute atomic E-state index is 13.4. The number of aromatic nitrogens is 3. The van der Waals surface area contributed by atoms with Crippen LogP contribution in [-0.2, 0) is 6.42 Å². The van der Waals surface area contributed by atoms with E-state index < -0.39 is 11.8 Å². The van der Waals surface area contributed by atoms with E-state index in [9.17, 15) is 19.8 Å². The lowest BCUT2D eigenvalue weighted by molar-refractivity contribution is 0.0893. The van der Waals surface area contributed by atoms with Crippen molar-refractivity contribution in [3.63, 3.8) is 0 Å². The van der Waals surface area contributed by atoms with Crippen LogP contribution >= 0.6 is 0 Å². The molecule has 1 aromatic heterocycles. The highest BCUT2D eigenvalue weighted by Crippen LogP contribution is 2.36. The molecular weight excluding hydrogens is 446 g/mol. The standard InChI is InChI=1S/C26H19N5O4/c27-19-7-6-18-24-16(19)2-1-3-17(24)25(34)30(26(18)35)15-5-8-20-21(13-15)29-31(28-20)22-12-14(10-11-32)4-9-23(22)33/h1-9,12-13,32-33H,10-11,27H2. The maximum atomic E-state index is 13.4. The van der Waals surface area contributed by atoms with E-state index in [1.807, 2.05) is 0 Å². The molecule has 9 heteroatoms. The number of rotatable bonds is 4. The molecule has 1 aliphatic rings. The smallest absolute Gasteiger partial charge is 0.265 e. The number of phenols is 1. The SMILES string of the molecule is Nc1ccc2c3c(cccc13)C(=O)N(c1ccc3nn(-c4cc(CCO)ccc4O)nc3c1)C2=O. The number of anilines is 2. The fourth-order valence-electron chi connectivity index (χ4n) is 4.52. The quantitative estimate of drug-likeness (QED) is 0.274. The molecule has 9 nitrogen and oxygen atoms in total. The number of aliphatic hydroxyl groups excluding tert-OH is 1. The third kappa shape index (κ3) is 3.13. The number of aromatic hydroxyl groups is 1. The number of amides is 2. The van der Waals surface area contributed by atoms with Gasteiger partial charge >= 0.3 is 0 Å². The summed E-state index contributed by atoms with van der Waals surface area (Å²) < 4.78 is 0. The van der Waals surface area contributed by atoms with Crippen LogP contribution in [0.5, 0.6) is 5.75 Å². The molecule has 0 saturated heterocycles. The molecule has 4 aromatic carbocycles. The summed E-state index contributed by atoms with van der Waals surface area (Å²) in [6.45, 7) is -0.0244. The van der Waals surface area contributed by atoms with Gasteiger partial charge in [0.15, 0.2) is 0 Å². The van der Waals surface area contributed by atoms with Gasteiger partial charge in [-0.2, -0.15) is 0 Å². The Balaban J connectivity index is 1.44. The maximum Gasteiger partial charge on any atom is 0.265 e. The van der Waals surface area contributed by atoms with Crippen molar-refractivity contribution < 1.29 is 19.8 Å². The van der Waals surface area contributed by atoms with Crippen LogP contribution in [0.4, 0.5) is 11.4 Å². The van der Waals surface area contributed by atoms with Crippen molar-refractivity contribution in [2.45, 2.75) is 6.42 Å². The number of hydrogen-bond acceptors (Lipinski definition) is 7. The lowest BCUT2D eigenvalue weighted by Crippen LogP contribution is -2.40. The second-order valence-corrected chi connectivity index (χ2v) is 8.34. The average Bonchev–Trinajstić information content (AvgIpc) is 3.28. The summed E-state index contributed by atoms with van der Waals surface area (Å²) in [6, 6.07) is 18.4. The van der Waals surface area contributed by atoms with E-state index in [1.165, 1.54) is 10.9 Å². The lowest BCUT2D eigenvalue weighted by atomic mass is 9.93. The zero-order valence-electron chi connectivity index (χ0n) is 18.3. The van der Waals surface area contributed by atoms with Gasteiger partial charge in [0.05, 0.1) is 5.69 Å². The highest BCUT2D eigenvalue weighted by molar-refractivity contribution is 6.36. The van der Waals surface area contributed by atoms with Gasteiger partial charge in [-0.1, -0.05) is 18.2 Å². The lowest BCUT2D eigenvalue weighted by Gasteiger charge is -2.27. The molecule has 5 aromatic rings. The van der Waals surface area contributed by atoms with Crippen LogP contribution in [0.1, 0.15) is 26.3 Å². The first-order valence-electron chi connectivity index (χ1n) is 11.0. The first-order valence-corrected chi connectivity index (χ1v) is 11.0. The van der Waals surface area contributed by atoms with E-state index in [2.05, 4.69) is 10.2 Å². The highest BCUT2D eigenvalue weighted by Gasteiger charge is 2.34. The van der Waals surface area contributed by atoms with E-state index in [0.29, 0.717) is 56.4 Å². The Kier molecular flexibility index (Phi) is 4.55. The number of imide groups is 1. The summed E-state index contributed by atoms with van der Waals surface area (Å²) in [5.74, 6) is -0.905. The summed E-state index contributed by atoms with van der Waals surface area (Å²) >= 11 is 0. The van der Waals surface area contributed by atoms with Crippen LogP contribution in [0.2, 0.25) is 0 Å². The van der Waals surface area contributed by atoms with Crippen molar-refractivity contribution in [1.29, 1.82) is 0 Å². The van der Waals surface area contributed by atoms with Gasteiger partial charge in [-0.25, -0.2) is 4.90 Å². The van der Waals surface area contributed by atoms with Gasteiger partial charge in [0.25, 0.3) is 11.8 Å². The Morgan fingerprint density at radius 1 is 0.857 bits per heavy atom. The molecule has 0 bridgehead atoms. The third-order valence-electron chi connectivity index (χ3n) is 6.22. The first-order chi connectivity index (χ1) is 17.0. The van der Waals surface area contributed by atoms with Crippen LogP contribution in [0, 0.1) is 0 Å². The average molecular weight is 465 g/mol. The predicted octanol–water partition coefficient (Wildman–Crippen LogP) is 3.20. The van der Waals surface area contributed by atoms with E-state index in [-0.39, 0.29) is 12.4 Å². The van der Waals surface area contributed by atoms with E-state index in [4.69, 9.17) is 5.73 Å². The van der Waals surface area contributed by atoms with Gasteiger partial charge in [-0.3, -0.25) is 9.59 Å². The van der Waals surface area contributed by atoms with Crippen molar-refractivity contribution >= 4 is 45.0 Å². The Morgan fingerprint density at radius 3 is 2.43 bits per heavy atom. The zero-order chi connectivity index (χ0) is 24.3. The van der Waals surface area contributed by atoms with E-state index in [0.717, 1.165) is 10.5 Å². The molecule has 0 spiro atoms. The number of benzene rings is 4. The van der Waals surface area contributed by atoms with Crippen molar-refractivity contribution in [3.8, 4) is 11.4 Å². The molecule has 2 amide bonds. The molecule has 0 atom stereocenters. The molecule has 172 valence electrons. The van der Waals surface area contributed by atoms with E-state index in [1.54, 1.807) is 60.7 Å². The molecule has 0 aliphatic carbocycles. The summed E-state index contributed by atoms with van der Waals surface area (Å²) in [5.41, 5.74) is 9.88. The number of hydrogen-bond donors (Lipinski definition) is 3. The summed E-state index contributed by atoms with van der Waals surface area (Å²) in [4.78, 5) is 29.2. The van der Waals surface area contributed by atoms with E-state index >= 15 is 0 Å². The first kappa shape index (κ1) is 20.8. The molecule has 0 fully saturated rings. The second-order valence-electron chi connectivity index (χ2n) is 8.34. The minimum Gasteiger partial charge on any atom is -0.506 e. The van der Waals surface area contributed by atoms with Gasteiger partial charge in [0.2, 0.25) is 0 Å².